The third-order valence-corrected chi connectivity index (χ3v) is 9.64. The number of benzene rings is 2. The number of nitriles is 1. The minimum atomic E-state index is -3.24. The van der Waals surface area contributed by atoms with Crippen molar-refractivity contribution < 1.29 is 28.3 Å². The van der Waals surface area contributed by atoms with Gasteiger partial charge < -0.3 is 20.6 Å². The van der Waals surface area contributed by atoms with Crippen molar-refractivity contribution in [1.29, 1.82) is 5.26 Å². The summed E-state index contributed by atoms with van der Waals surface area (Å²) < 4.78 is 30.6. The Morgan fingerprint density at radius 3 is 2.33 bits per heavy atom. The number of aliphatic hydroxyl groups is 1. The van der Waals surface area contributed by atoms with E-state index in [1.165, 1.54) is 12.1 Å². The maximum Gasteiger partial charge on any atom is 0.264 e. The number of nitrogens with zero attached hydrogens (tertiary/aromatic N) is 2. The summed E-state index contributed by atoms with van der Waals surface area (Å²) in [6, 6.07) is 7.61. The van der Waals surface area contributed by atoms with Crippen LogP contribution in [0.2, 0.25) is 10.0 Å². The van der Waals surface area contributed by atoms with Gasteiger partial charge in [0.25, 0.3) is 11.8 Å². The van der Waals surface area contributed by atoms with E-state index >= 15 is 8.78 Å². The van der Waals surface area contributed by atoms with Crippen molar-refractivity contribution in [2.75, 3.05) is 6.54 Å². The maximum atomic E-state index is 15.3. The van der Waals surface area contributed by atoms with Crippen molar-refractivity contribution in [3.63, 3.8) is 0 Å². The number of halogens is 4. The molecule has 5 aliphatic rings. The zero-order chi connectivity index (χ0) is 30.0. The minimum Gasteiger partial charge on any atom is -0.372 e. The predicted molar refractivity (Wildman–Crippen MR) is 150 cm³/mol. The summed E-state index contributed by atoms with van der Waals surface area (Å²) in [4.78, 5) is 41.7. The largest absolute Gasteiger partial charge is 0.372 e. The van der Waals surface area contributed by atoms with E-state index in [0.29, 0.717) is 24.1 Å². The van der Waals surface area contributed by atoms with Crippen LogP contribution in [0, 0.1) is 23.2 Å². The Balaban J connectivity index is 1.38. The van der Waals surface area contributed by atoms with E-state index in [-0.39, 0.29) is 46.3 Å². The van der Waals surface area contributed by atoms with Crippen LogP contribution in [0.3, 0.4) is 0 Å². The number of fused-ring (bicyclic) bond motifs is 6. The first kappa shape index (κ1) is 28.8. The molecule has 0 aromatic heterocycles. The first-order valence-electron chi connectivity index (χ1n) is 14.0. The lowest BCUT2D eigenvalue weighted by Gasteiger charge is -2.54. The number of carbonyl (C=O) groups is 3. The van der Waals surface area contributed by atoms with Crippen LogP contribution in [-0.2, 0) is 20.0 Å². The molecule has 2 aromatic rings. The number of nitrogens with one attached hydrogen (secondary N) is 2. The smallest absolute Gasteiger partial charge is 0.264 e. The van der Waals surface area contributed by atoms with Gasteiger partial charge in [0.1, 0.15) is 12.1 Å². The summed E-state index contributed by atoms with van der Waals surface area (Å²) in [6.45, 7) is 0.530. The van der Waals surface area contributed by atoms with Gasteiger partial charge in [0.05, 0.1) is 12.0 Å². The first-order chi connectivity index (χ1) is 20.0. The van der Waals surface area contributed by atoms with Crippen LogP contribution in [0.1, 0.15) is 49.7 Å². The summed E-state index contributed by atoms with van der Waals surface area (Å²) >= 11 is 12.5. The molecule has 3 saturated heterocycles. The fraction of sp³-hybridized carbons (Fsp3) is 0.467. The summed E-state index contributed by atoms with van der Waals surface area (Å²) in [7, 11) is 0. The molecule has 8 nitrogen and oxygen atoms in total. The quantitative estimate of drug-likeness (QED) is 0.466. The summed E-state index contributed by atoms with van der Waals surface area (Å²) in [5, 5.41) is 27.8. The van der Waals surface area contributed by atoms with Gasteiger partial charge in [0.15, 0.2) is 5.60 Å². The van der Waals surface area contributed by atoms with Crippen molar-refractivity contribution >= 4 is 40.9 Å². The van der Waals surface area contributed by atoms with Gasteiger partial charge >= 0.3 is 0 Å². The standard InChI is InChI=1S/C30H28Cl2F2N4O4/c31-16-3-6-20-21-7-4-17(32)12-24(21)30(42,23(20)11-16)28(41)38-19-5-8-22(29(33,34)13-19)25(38)27(40)37-18(14-35)10-15-2-1-9-36-26(15)39/h3-4,6-7,11-12,15,18-19,22,25,42H,1-2,5,8-10,13H2,(H,36,39)(H,37,40)/t15-,18-,19-,22-,25+/m1/s1. The number of piperidine rings is 3. The fourth-order valence-corrected chi connectivity index (χ4v) is 7.55. The normalized spacial score (nSPS) is 27.3. The van der Waals surface area contributed by atoms with E-state index in [1.54, 1.807) is 24.3 Å². The molecule has 3 amide bonds. The second-order valence-electron chi connectivity index (χ2n) is 11.6. The Labute approximate surface area is 251 Å². The van der Waals surface area contributed by atoms with Crippen LogP contribution < -0.4 is 10.6 Å². The van der Waals surface area contributed by atoms with Gasteiger partial charge in [-0.15, -0.1) is 0 Å². The van der Waals surface area contributed by atoms with Crippen LogP contribution in [0.25, 0.3) is 11.1 Å². The summed E-state index contributed by atoms with van der Waals surface area (Å²) in [6.07, 6.45) is 0.831. The molecule has 2 aliphatic carbocycles. The molecule has 5 atom stereocenters. The molecule has 42 heavy (non-hydrogen) atoms. The topological polar surface area (TPSA) is 123 Å². The van der Waals surface area contributed by atoms with Gasteiger partial charge in [-0.05, 0) is 67.5 Å². The molecule has 0 unspecified atom stereocenters. The molecule has 2 aromatic carbocycles. The molecule has 220 valence electrons. The van der Waals surface area contributed by atoms with E-state index in [1.807, 2.05) is 6.07 Å². The molecule has 4 fully saturated rings. The van der Waals surface area contributed by atoms with E-state index in [4.69, 9.17) is 23.2 Å². The zero-order valence-electron chi connectivity index (χ0n) is 22.4. The zero-order valence-corrected chi connectivity index (χ0v) is 23.9. The highest BCUT2D eigenvalue weighted by molar-refractivity contribution is 6.31. The highest BCUT2D eigenvalue weighted by Gasteiger charge is 2.63. The number of amides is 3. The number of alkyl halides is 2. The SMILES string of the molecule is N#C[C@@H](C[C@H]1CCCNC1=O)NC(=O)[C@@H]1[C@H]2CC[C@H](CC2(F)F)N1C(=O)C1(O)c2cc(Cl)ccc2-c2ccc(Cl)cc21. The Hall–Kier alpha value is -3.26. The van der Waals surface area contributed by atoms with Gasteiger partial charge in [0.2, 0.25) is 11.8 Å². The molecular weight excluding hydrogens is 589 g/mol. The molecule has 2 bridgehead atoms. The fourth-order valence-electron chi connectivity index (χ4n) is 7.21. The van der Waals surface area contributed by atoms with Crippen molar-refractivity contribution in [3.05, 3.63) is 57.6 Å². The highest BCUT2D eigenvalue weighted by Crippen LogP contribution is 2.54. The molecule has 1 saturated carbocycles. The van der Waals surface area contributed by atoms with Crippen molar-refractivity contribution in [2.24, 2.45) is 11.8 Å². The Morgan fingerprint density at radius 1 is 1.12 bits per heavy atom. The van der Waals surface area contributed by atoms with E-state index in [2.05, 4.69) is 10.6 Å². The van der Waals surface area contributed by atoms with Crippen molar-refractivity contribution in [1.82, 2.24) is 15.5 Å². The monoisotopic (exact) mass is 616 g/mol. The molecule has 12 heteroatoms. The predicted octanol–water partition coefficient (Wildman–Crippen LogP) is 4.15. The van der Waals surface area contributed by atoms with Crippen LogP contribution >= 0.6 is 23.2 Å². The Bertz CT molecular complexity index is 1480. The first-order valence-corrected chi connectivity index (χ1v) is 14.7. The molecule has 3 N–H and O–H groups in total. The van der Waals surface area contributed by atoms with E-state index < -0.39 is 59.7 Å². The van der Waals surface area contributed by atoms with Gasteiger partial charge in [-0.1, -0.05) is 35.3 Å². The number of hydrogen-bond donors (Lipinski definition) is 3. The second kappa shape index (κ2) is 10.5. The van der Waals surface area contributed by atoms with Crippen molar-refractivity contribution in [2.45, 2.75) is 68.2 Å². The Morgan fingerprint density at radius 2 is 1.76 bits per heavy atom. The second-order valence-corrected chi connectivity index (χ2v) is 12.5. The van der Waals surface area contributed by atoms with Crippen LogP contribution in [0.5, 0.6) is 0 Å². The lowest BCUT2D eigenvalue weighted by Crippen LogP contribution is -2.70. The summed E-state index contributed by atoms with van der Waals surface area (Å²) in [5.41, 5.74) is -0.942. The maximum absolute atomic E-state index is 15.3. The van der Waals surface area contributed by atoms with Gasteiger partial charge in [-0.3, -0.25) is 14.4 Å². The van der Waals surface area contributed by atoms with E-state index in [0.717, 1.165) is 11.3 Å². The molecule has 0 spiro atoms. The number of carbonyl (C=O) groups excluding carboxylic acids is 3. The molecule has 3 aliphatic heterocycles. The van der Waals surface area contributed by atoms with Crippen molar-refractivity contribution in [3.8, 4) is 17.2 Å². The van der Waals surface area contributed by atoms with Crippen LogP contribution in [-0.4, -0.2) is 58.3 Å². The Kier molecular flexibility index (Phi) is 7.19. The lowest BCUT2D eigenvalue weighted by atomic mass is 9.70. The highest BCUT2D eigenvalue weighted by atomic mass is 35.5. The molecule has 0 radical (unpaired) electrons. The van der Waals surface area contributed by atoms with E-state index in [9.17, 15) is 24.8 Å². The third kappa shape index (κ3) is 4.53. The number of rotatable bonds is 5. The van der Waals surface area contributed by atoms with Gasteiger partial charge in [0, 0.05) is 46.1 Å². The molecule has 7 rings (SSSR count). The van der Waals surface area contributed by atoms with Gasteiger partial charge in [-0.2, -0.15) is 5.26 Å². The van der Waals surface area contributed by atoms with Crippen LogP contribution in [0.4, 0.5) is 8.78 Å². The molecular formula is C30H28Cl2F2N4O4. The lowest BCUT2D eigenvalue weighted by molar-refractivity contribution is -0.201. The summed E-state index contributed by atoms with van der Waals surface area (Å²) in [5.74, 6) is -7.35. The minimum absolute atomic E-state index is 0.00889. The van der Waals surface area contributed by atoms with Crippen LogP contribution in [0.15, 0.2) is 36.4 Å². The third-order valence-electron chi connectivity index (χ3n) is 9.17. The average molecular weight is 617 g/mol. The average Bonchev–Trinajstić information content (AvgIpc) is 3.20. The molecule has 3 heterocycles. The van der Waals surface area contributed by atoms with Gasteiger partial charge in [-0.25, -0.2) is 8.78 Å². The number of hydrogen-bond acceptors (Lipinski definition) is 5.